The van der Waals surface area contributed by atoms with E-state index in [-0.39, 0.29) is 24.7 Å². The van der Waals surface area contributed by atoms with Crippen LogP contribution in [0.25, 0.3) is 4.96 Å². The first-order valence-electron chi connectivity index (χ1n) is 5.19. The number of β-amino-alcohol motifs (C(OH)–C–C–N with tert-alkyl or cyclic N) is 1. The molecule has 3 heterocycles. The smallest absolute Gasteiger partial charge is 0.274 e. The van der Waals surface area contributed by atoms with Gasteiger partial charge in [-0.1, -0.05) is 0 Å². The normalized spacial score (nSPS) is 24.7. The Hall–Kier alpha value is -1.47. The fourth-order valence-electron chi connectivity index (χ4n) is 1.91. The Kier molecular flexibility index (Phi) is 2.37. The molecule has 2 atom stereocenters. The van der Waals surface area contributed by atoms with Gasteiger partial charge in [0, 0.05) is 24.3 Å². The van der Waals surface area contributed by atoms with E-state index in [1.165, 1.54) is 16.2 Å². The van der Waals surface area contributed by atoms with Crippen LogP contribution in [0.15, 0.2) is 17.8 Å². The number of carbonyl (C=O) groups is 1. The number of aliphatic hydroxyl groups excluding tert-OH is 1. The zero-order valence-electron chi connectivity index (χ0n) is 8.78. The molecule has 1 aliphatic heterocycles. The summed E-state index contributed by atoms with van der Waals surface area (Å²) in [7, 11) is 0. The molecule has 0 radical (unpaired) electrons. The van der Waals surface area contributed by atoms with Crippen molar-refractivity contribution in [2.75, 3.05) is 13.1 Å². The van der Waals surface area contributed by atoms with E-state index in [9.17, 15) is 14.3 Å². The molecule has 0 saturated carbocycles. The van der Waals surface area contributed by atoms with Crippen molar-refractivity contribution in [1.82, 2.24) is 14.3 Å². The van der Waals surface area contributed by atoms with Gasteiger partial charge in [-0.15, -0.1) is 11.3 Å². The maximum atomic E-state index is 13.1. The second kappa shape index (κ2) is 3.78. The highest BCUT2D eigenvalue weighted by molar-refractivity contribution is 7.15. The Bertz CT molecular complexity index is 528. The van der Waals surface area contributed by atoms with Crippen LogP contribution in [0.1, 0.15) is 10.5 Å². The second-order valence-electron chi connectivity index (χ2n) is 4.01. The monoisotopic (exact) mass is 255 g/mol. The minimum absolute atomic E-state index is 0.0329. The third-order valence-electron chi connectivity index (χ3n) is 2.82. The highest BCUT2D eigenvalue weighted by Crippen LogP contribution is 2.18. The Balaban J connectivity index is 1.85. The van der Waals surface area contributed by atoms with Crippen LogP contribution < -0.4 is 0 Å². The quantitative estimate of drug-likeness (QED) is 0.809. The second-order valence-corrected chi connectivity index (χ2v) is 4.89. The van der Waals surface area contributed by atoms with Gasteiger partial charge in [-0.25, -0.2) is 9.37 Å². The first-order valence-corrected chi connectivity index (χ1v) is 6.07. The lowest BCUT2D eigenvalue weighted by molar-refractivity contribution is 0.0759. The number of hydrogen-bond donors (Lipinski definition) is 1. The summed E-state index contributed by atoms with van der Waals surface area (Å²) in [5.41, 5.74) is 0.290. The van der Waals surface area contributed by atoms with Gasteiger partial charge in [0.05, 0.1) is 6.54 Å². The summed E-state index contributed by atoms with van der Waals surface area (Å²) in [5, 5.41) is 11.1. The minimum atomic E-state index is -1.36. The number of alkyl halides is 1. The molecule has 2 aromatic rings. The van der Waals surface area contributed by atoms with Gasteiger partial charge in [-0.05, 0) is 0 Å². The van der Waals surface area contributed by atoms with Gasteiger partial charge in [0.15, 0.2) is 4.96 Å². The maximum Gasteiger partial charge on any atom is 0.274 e. The molecule has 2 aromatic heterocycles. The van der Waals surface area contributed by atoms with Crippen LogP contribution in [0.5, 0.6) is 0 Å². The van der Waals surface area contributed by atoms with E-state index in [0.717, 1.165) is 4.96 Å². The average molecular weight is 255 g/mol. The topological polar surface area (TPSA) is 57.8 Å². The number of aromatic nitrogens is 2. The van der Waals surface area contributed by atoms with Crippen molar-refractivity contribution < 1.29 is 14.3 Å². The fraction of sp³-hybridized carbons (Fsp3) is 0.400. The molecule has 7 heteroatoms. The van der Waals surface area contributed by atoms with Crippen molar-refractivity contribution in [3.05, 3.63) is 23.5 Å². The molecular formula is C10H10FN3O2S. The number of aliphatic hydroxyl groups is 1. The molecule has 0 unspecified atom stereocenters. The number of halogens is 1. The predicted molar refractivity (Wildman–Crippen MR) is 59.9 cm³/mol. The van der Waals surface area contributed by atoms with Gasteiger partial charge < -0.3 is 10.0 Å². The summed E-state index contributed by atoms with van der Waals surface area (Å²) < 4.78 is 14.9. The average Bonchev–Trinajstić information content (AvgIpc) is 2.92. The zero-order valence-corrected chi connectivity index (χ0v) is 9.60. The number of amides is 1. The molecule has 1 saturated heterocycles. The molecule has 90 valence electrons. The molecular weight excluding hydrogens is 245 g/mol. The lowest BCUT2D eigenvalue weighted by Gasteiger charge is -2.12. The number of nitrogens with zero attached hydrogens (tertiary/aromatic N) is 3. The molecule has 1 amide bonds. The number of fused-ring (bicyclic) bond motifs is 1. The van der Waals surface area contributed by atoms with Crippen molar-refractivity contribution in [2.45, 2.75) is 12.3 Å². The van der Waals surface area contributed by atoms with Gasteiger partial charge >= 0.3 is 0 Å². The van der Waals surface area contributed by atoms with Crippen LogP contribution in [-0.2, 0) is 0 Å². The molecule has 0 aromatic carbocycles. The molecule has 0 spiro atoms. The molecule has 1 fully saturated rings. The number of thiazole rings is 1. The Morgan fingerprint density at radius 2 is 2.41 bits per heavy atom. The van der Waals surface area contributed by atoms with Gasteiger partial charge in [-0.2, -0.15) is 0 Å². The van der Waals surface area contributed by atoms with Crippen molar-refractivity contribution >= 4 is 22.2 Å². The summed E-state index contributed by atoms with van der Waals surface area (Å²) in [6, 6.07) is 0. The molecule has 3 rings (SSSR count). The van der Waals surface area contributed by atoms with E-state index < -0.39 is 12.3 Å². The van der Waals surface area contributed by atoms with Crippen molar-refractivity contribution in [2.24, 2.45) is 0 Å². The summed E-state index contributed by atoms with van der Waals surface area (Å²) in [4.78, 5) is 18.2. The van der Waals surface area contributed by atoms with Gasteiger partial charge in [0.2, 0.25) is 0 Å². The Morgan fingerprint density at radius 1 is 1.59 bits per heavy atom. The van der Waals surface area contributed by atoms with Gasteiger partial charge in [-0.3, -0.25) is 9.20 Å². The van der Waals surface area contributed by atoms with E-state index in [1.807, 2.05) is 5.38 Å². The van der Waals surface area contributed by atoms with Crippen LogP contribution in [-0.4, -0.2) is 50.7 Å². The van der Waals surface area contributed by atoms with Crippen molar-refractivity contribution in [3.63, 3.8) is 0 Å². The maximum absolute atomic E-state index is 13.1. The van der Waals surface area contributed by atoms with Crippen molar-refractivity contribution in [3.8, 4) is 0 Å². The van der Waals surface area contributed by atoms with E-state index in [1.54, 1.807) is 16.8 Å². The largest absolute Gasteiger partial charge is 0.388 e. The molecule has 1 aliphatic rings. The SMILES string of the molecule is O=C(c1cn2ccsc2n1)N1C[C@@H](O)[C@H](F)C1. The number of rotatable bonds is 1. The number of imidazole rings is 1. The van der Waals surface area contributed by atoms with Crippen LogP contribution >= 0.6 is 11.3 Å². The van der Waals surface area contributed by atoms with Crippen LogP contribution in [0, 0.1) is 0 Å². The van der Waals surface area contributed by atoms with E-state index in [0.29, 0.717) is 0 Å². The molecule has 5 nitrogen and oxygen atoms in total. The van der Waals surface area contributed by atoms with E-state index in [2.05, 4.69) is 4.98 Å². The number of carbonyl (C=O) groups excluding carboxylic acids is 1. The highest BCUT2D eigenvalue weighted by atomic mass is 32.1. The van der Waals surface area contributed by atoms with Crippen LogP contribution in [0.2, 0.25) is 0 Å². The highest BCUT2D eigenvalue weighted by Gasteiger charge is 2.35. The summed E-state index contributed by atoms with van der Waals surface area (Å²) in [6.45, 7) is -0.0314. The first-order chi connectivity index (χ1) is 8.15. The van der Waals surface area contributed by atoms with Crippen molar-refractivity contribution in [1.29, 1.82) is 0 Å². The lowest BCUT2D eigenvalue weighted by Crippen LogP contribution is -2.29. The standard InChI is InChI=1S/C10H10FN3O2S/c11-6-3-14(5-8(6)15)9(16)7-4-13-1-2-17-10(13)12-7/h1-2,4,6,8,15H,3,5H2/t6-,8-/m1/s1. The van der Waals surface area contributed by atoms with Gasteiger partial charge in [0.1, 0.15) is 18.0 Å². The molecule has 17 heavy (non-hydrogen) atoms. The van der Waals surface area contributed by atoms with Crippen LogP contribution in [0.3, 0.4) is 0 Å². The van der Waals surface area contributed by atoms with E-state index in [4.69, 9.17) is 0 Å². The third-order valence-corrected chi connectivity index (χ3v) is 3.59. The predicted octanol–water partition coefficient (Wildman–Crippen LogP) is 0.551. The zero-order chi connectivity index (χ0) is 12.0. The van der Waals surface area contributed by atoms with Gasteiger partial charge in [0.25, 0.3) is 5.91 Å². The summed E-state index contributed by atoms with van der Waals surface area (Å²) >= 11 is 1.43. The first kappa shape index (κ1) is 10.7. The number of likely N-dealkylation sites (tertiary alicyclic amines) is 1. The Labute approximate surface area is 100 Å². The lowest BCUT2D eigenvalue weighted by atomic mass is 10.3. The molecule has 1 N–H and O–H groups in total. The fourth-order valence-corrected chi connectivity index (χ4v) is 2.61. The van der Waals surface area contributed by atoms with E-state index >= 15 is 0 Å². The summed E-state index contributed by atoms with van der Waals surface area (Å²) in [5.74, 6) is -0.333. The minimum Gasteiger partial charge on any atom is -0.388 e. The Morgan fingerprint density at radius 3 is 3.06 bits per heavy atom. The number of hydrogen-bond acceptors (Lipinski definition) is 4. The third kappa shape index (κ3) is 1.71. The molecule has 0 bridgehead atoms. The summed E-state index contributed by atoms with van der Waals surface area (Å²) in [6.07, 6.45) is 0.984. The van der Waals surface area contributed by atoms with Crippen LogP contribution in [0.4, 0.5) is 4.39 Å². The molecule has 0 aliphatic carbocycles.